The SMILES string of the molecule is CCOCC(C)(N)c1cc(Cl)ccc1Cl. The fraction of sp³-hybridized carbons (Fsp3) is 0.455. The summed E-state index contributed by atoms with van der Waals surface area (Å²) in [7, 11) is 0. The van der Waals surface area contributed by atoms with Gasteiger partial charge in [-0.15, -0.1) is 0 Å². The minimum absolute atomic E-state index is 0.420. The van der Waals surface area contributed by atoms with Gasteiger partial charge in [-0.05, 0) is 37.6 Å². The Morgan fingerprint density at radius 2 is 2.07 bits per heavy atom. The third-order valence-corrected chi connectivity index (χ3v) is 2.71. The van der Waals surface area contributed by atoms with Gasteiger partial charge in [-0.3, -0.25) is 0 Å². The predicted molar refractivity (Wildman–Crippen MR) is 64.5 cm³/mol. The van der Waals surface area contributed by atoms with Crippen LogP contribution in [0.5, 0.6) is 0 Å². The first-order valence-electron chi connectivity index (χ1n) is 4.79. The standard InChI is InChI=1S/C11H15Cl2NO/c1-3-15-7-11(2,14)9-6-8(12)4-5-10(9)13/h4-6H,3,7,14H2,1-2H3. The Morgan fingerprint density at radius 1 is 1.40 bits per heavy atom. The number of halogens is 2. The van der Waals surface area contributed by atoms with Gasteiger partial charge in [0.2, 0.25) is 0 Å². The lowest BCUT2D eigenvalue weighted by molar-refractivity contribution is 0.101. The Labute approximate surface area is 100 Å². The van der Waals surface area contributed by atoms with Crippen LogP contribution in [0.1, 0.15) is 19.4 Å². The minimum Gasteiger partial charge on any atom is -0.379 e. The zero-order chi connectivity index (χ0) is 11.5. The van der Waals surface area contributed by atoms with Crippen LogP contribution in [-0.4, -0.2) is 13.2 Å². The first kappa shape index (κ1) is 12.8. The summed E-state index contributed by atoms with van der Waals surface area (Å²) in [6.45, 7) is 4.85. The van der Waals surface area contributed by atoms with Crippen LogP contribution in [0.2, 0.25) is 10.0 Å². The van der Waals surface area contributed by atoms with Crippen molar-refractivity contribution < 1.29 is 4.74 Å². The largest absolute Gasteiger partial charge is 0.379 e. The molecule has 0 radical (unpaired) electrons. The predicted octanol–water partition coefficient (Wildman–Crippen LogP) is 3.20. The zero-order valence-corrected chi connectivity index (χ0v) is 10.4. The van der Waals surface area contributed by atoms with Crippen molar-refractivity contribution in [2.45, 2.75) is 19.4 Å². The van der Waals surface area contributed by atoms with Crippen LogP contribution in [0.4, 0.5) is 0 Å². The van der Waals surface area contributed by atoms with E-state index in [1.165, 1.54) is 0 Å². The number of benzene rings is 1. The average Bonchev–Trinajstić information content (AvgIpc) is 2.18. The van der Waals surface area contributed by atoms with Crippen molar-refractivity contribution in [3.63, 3.8) is 0 Å². The van der Waals surface area contributed by atoms with E-state index in [9.17, 15) is 0 Å². The van der Waals surface area contributed by atoms with E-state index in [2.05, 4.69) is 0 Å². The Bertz CT molecular complexity index is 339. The Hall–Kier alpha value is -0.280. The maximum absolute atomic E-state index is 6.13. The lowest BCUT2D eigenvalue weighted by atomic mass is 9.94. The smallest absolute Gasteiger partial charge is 0.0685 e. The molecule has 0 saturated heterocycles. The molecule has 0 spiro atoms. The maximum atomic E-state index is 6.13. The molecule has 2 nitrogen and oxygen atoms in total. The van der Waals surface area contributed by atoms with E-state index in [0.717, 1.165) is 5.56 Å². The van der Waals surface area contributed by atoms with Gasteiger partial charge in [0.25, 0.3) is 0 Å². The Morgan fingerprint density at radius 3 is 2.67 bits per heavy atom. The summed E-state index contributed by atoms with van der Waals surface area (Å²) in [5.41, 5.74) is 6.32. The molecule has 0 aliphatic rings. The number of nitrogens with two attached hydrogens (primary N) is 1. The fourth-order valence-corrected chi connectivity index (χ4v) is 1.83. The van der Waals surface area contributed by atoms with Gasteiger partial charge in [-0.1, -0.05) is 23.2 Å². The molecule has 0 saturated carbocycles. The third-order valence-electron chi connectivity index (χ3n) is 2.15. The zero-order valence-electron chi connectivity index (χ0n) is 8.89. The fourth-order valence-electron chi connectivity index (χ4n) is 1.33. The van der Waals surface area contributed by atoms with Gasteiger partial charge in [-0.25, -0.2) is 0 Å². The Kier molecular flexibility index (Phi) is 4.41. The summed E-state index contributed by atoms with van der Waals surface area (Å²) in [5.74, 6) is 0. The molecule has 0 heterocycles. The highest BCUT2D eigenvalue weighted by Crippen LogP contribution is 2.29. The van der Waals surface area contributed by atoms with Crippen molar-refractivity contribution in [1.29, 1.82) is 0 Å². The van der Waals surface area contributed by atoms with E-state index in [1.54, 1.807) is 18.2 Å². The summed E-state index contributed by atoms with van der Waals surface area (Å²) in [5, 5.41) is 1.24. The van der Waals surface area contributed by atoms with Crippen molar-refractivity contribution >= 4 is 23.2 Å². The van der Waals surface area contributed by atoms with Crippen LogP contribution >= 0.6 is 23.2 Å². The molecule has 2 N–H and O–H groups in total. The molecule has 1 atom stereocenters. The highest BCUT2D eigenvalue weighted by molar-refractivity contribution is 6.33. The molecular weight excluding hydrogens is 233 g/mol. The van der Waals surface area contributed by atoms with Crippen LogP contribution in [0.3, 0.4) is 0 Å². The average molecular weight is 248 g/mol. The van der Waals surface area contributed by atoms with Crippen molar-refractivity contribution in [3.8, 4) is 0 Å². The van der Waals surface area contributed by atoms with Crippen molar-refractivity contribution in [2.24, 2.45) is 5.73 Å². The highest BCUT2D eigenvalue weighted by atomic mass is 35.5. The van der Waals surface area contributed by atoms with Gasteiger partial charge in [0.1, 0.15) is 0 Å². The third kappa shape index (κ3) is 3.35. The van der Waals surface area contributed by atoms with Crippen molar-refractivity contribution in [3.05, 3.63) is 33.8 Å². The molecule has 1 unspecified atom stereocenters. The maximum Gasteiger partial charge on any atom is 0.0685 e. The van der Waals surface area contributed by atoms with Gasteiger partial charge >= 0.3 is 0 Å². The van der Waals surface area contributed by atoms with Gasteiger partial charge in [-0.2, -0.15) is 0 Å². The molecule has 15 heavy (non-hydrogen) atoms. The second kappa shape index (κ2) is 5.17. The molecule has 0 bridgehead atoms. The molecule has 1 aromatic carbocycles. The topological polar surface area (TPSA) is 35.2 Å². The van der Waals surface area contributed by atoms with E-state index in [-0.39, 0.29) is 0 Å². The molecule has 4 heteroatoms. The summed E-state index contributed by atoms with van der Waals surface area (Å²) < 4.78 is 5.32. The quantitative estimate of drug-likeness (QED) is 0.887. The molecule has 0 aromatic heterocycles. The van der Waals surface area contributed by atoms with Gasteiger partial charge in [0.15, 0.2) is 0 Å². The van der Waals surface area contributed by atoms with Crippen LogP contribution < -0.4 is 5.73 Å². The Balaban J connectivity index is 2.97. The van der Waals surface area contributed by atoms with E-state index in [1.807, 2.05) is 13.8 Å². The summed E-state index contributed by atoms with van der Waals surface area (Å²) in [4.78, 5) is 0. The molecule has 1 aromatic rings. The van der Waals surface area contributed by atoms with E-state index in [0.29, 0.717) is 23.3 Å². The van der Waals surface area contributed by atoms with Crippen LogP contribution in [-0.2, 0) is 10.3 Å². The normalized spacial score (nSPS) is 15.0. The molecule has 0 aliphatic carbocycles. The van der Waals surface area contributed by atoms with Crippen LogP contribution in [0.15, 0.2) is 18.2 Å². The number of ether oxygens (including phenoxy) is 1. The molecule has 84 valence electrons. The first-order chi connectivity index (χ1) is 6.97. The summed E-state index contributed by atoms with van der Waals surface area (Å²) in [6.07, 6.45) is 0. The van der Waals surface area contributed by atoms with Gasteiger partial charge in [0.05, 0.1) is 12.1 Å². The second-order valence-electron chi connectivity index (χ2n) is 3.68. The van der Waals surface area contributed by atoms with E-state index >= 15 is 0 Å². The lowest BCUT2D eigenvalue weighted by Gasteiger charge is -2.26. The second-order valence-corrected chi connectivity index (χ2v) is 4.52. The van der Waals surface area contributed by atoms with Crippen LogP contribution in [0, 0.1) is 0 Å². The van der Waals surface area contributed by atoms with Crippen molar-refractivity contribution in [1.82, 2.24) is 0 Å². The van der Waals surface area contributed by atoms with E-state index in [4.69, 9.17) is 33.7 Å². The molecule has 0 aliphatic heterocycles. The minimum atomic E-state index is -0.613. The summed E-state index contributed by atoms with van der Waals surface area (Å²) in [6, 6.07) is 5.27. The monoisotopic (exact) mass is 247 g/mol. The molecule has 0 fully saturated rings. The molecule has 1 rings (SSSR count). The van der Waals surface area contributed by atoms with Gasteiger partial charge < -0.3 is 10.5 Å². The number of rotatable bonds is 4. The first-order valence-corrected chi connectivity index (χ1v) is 5.55. The molecular formula is C11H15Cl2NO. The number of hydrogen-bond acceptors (Lipinski definition) is 2. The number of hydrogen-bond donors (Lipinski definition) is 1. The molecule has 0 amide bonds. The highest BCUT2D eigenvalue weighted by Gasteiger charge is 2.24. The lowest BCUT2D eigenvalue weighted by Crippen LogP contribution is -2.38. The summed E-state index contributed by atoms with van der Waals surface area (Å²) >= 11 is 12.0. The van der Waals surface area contributed by atoms with Crippen molar-refractivity contribution in [2.75, 3.05) is 13.2 Å². The van der Waals surface area contributed by atoms with E-state index < -0.39 is 5.54 Å². The van der Waals surface area contributed by atoms with Crippen LogP contribution in [0.25, 0.3) is 0 Å². The van der Waals surface area contributed by atoms with Gasteiger partial charge in [0, 0.05) is 16.7 Å².